The molecular weight excluding hydrogens is 256 g/mol. The molecule has 1 aromatic rings. The van der Waals surface area contributed by atoms with Crippen LogP contribution in [-0.2, 0) is 9.53 Å². The molecule has 1 amide bonds. The van der Waals surface area contributed by atoms with Gasteiger partial charge < -0.3 is 15.2 Å². The number of benzene rings is 1. The van der Waals surface area contributed by atoms with Crippen LogP contribution >= 0.6 is 0 Å². The molecule has 5 nitrogen and oxygen atoms in total. The van der Waals surface area contributed by atoms with Crippen LogP contribution in [0.1, 0.15) is 11.1 Å². The molecule has 0 radical (unpaired) electrons. The van der Waals surface area contributed by atoms with Crippen LogP contribution in [0.2, 0.25) is 0 Å². The van der Waals surface area contributed by atoms with Crippen LogP contribution in [0.4, 0.5) is 5.69 Å². The van der Waals surface area contributed by atoms with E-state index in [-0.39, 0.29) is 19.1 Å². The zero-order chi connectivity index (χ0) is 15.1. The standard InChI is InChI=1S/C15H24N2O3/c1-11-5-6-14(12(2)7-11)16-15(19)9-17(3)8-13(18)10-20-4/h5-7,13,18H,8-10H2,1-4H3,(H,16,19). The predicted molar refractivity (Wildman–Crippen MR) is 79.9 cm³/mol. The van der Waals surface area contributed by atoms with E-state index in [4.69, 9.17) is 4.74 Å². The molecule has 0 aromatic heterocycles. The number of aryl methyl sites for hydroxylation is 2. The number of rotatable bonds is 7. The minimum absolute atomic E-state index is 0.0935. The number of anilines is 1. The summed E-state index contributed by atoms with van der Waals surface area (Å²) in [7, 11) is 3.33. The normalized spacial score (nSPS) is 12.5. The third-order valence-corrected chi connectivity index (χ3v) is 2.95. The van der Waals surface area contributed by atoms with Gasteiger partial charge in [0.1, 0.15) is 0 Å². The Bertz CT molecular complexity index is 449. The second kappa shape index (κ2) is 7.99. The van der Waals surface area contributed by atoms with Gasteiger partial charge in [-0.1, -0.05) is 17.7 Å². The van der Waals surface area contributed by atoms with Gasteiger partial charge in [0.2, 0.25) is 5.91 Å². The first-order chi connectivity index (χ1) is 9.42. The highest BCUT2D eigenvalue weighted by molar-refractivity contribution is 5.92. The van der Waals surface area contributed by atoms with Gasteiger partial charge in [-0.2, -0.15) is 0 Å². The summed E-state index contributed by atoms with van der Waals surface area (Å²) >= 11 is 0. The summed E-state index contributed by atoms with van der Waals surface area (Å²) in [6.07, 6.45) is -0.584. The topological polar surface area (TPSA) is 61.8 Å². The average molecular weight is 280 g/mol. The van der Waals surface area contributed by atoms with Gasteiger partial charge in [-0.05, 0) is 32.5 Å². The molecule has 0 bridgehead atoms. The molecule has 0 aliphatic rings. The van der Waals surface area contributed by atoms with E-state index in [1.807, 2.05) is 32.0 Å². The minimum Gasteiger partial charge on any atom is -0.389 e. The van der Waals surface area contributed by atoms with Crippen LogP contribution in [0.25, 0.3) is 0 Å². The second-order valence-electron chi connectivity index (χ2n) is 5.17. The number of likely N-dealkylation sites (N-methyl/N-ethyl adjacent to an activating group) is 1. The number of nitrogens with zero attached hydrogens (tertiary/aromatic N) is 1. The quantitative estimate of drug-likeness (QED) is 0.787. The lowest BCUT2D eigenvalue weighted by Gasteiger charge is -2.20. The van der Waals surface area contributed by atoms with Crippen molar-refractivity contribution in [2.24, 2.45) is 0 Å². The van der Waals surface area contributed by atoms with Gasteiger partial charge in [-0.25, -0.2) is 0 Å². The third-order valence-electron chi connectivity index (χ3n) is 2.95. The van der Waals surface area contributed by atoms with Crippen molar-refractivity contribution < 1.29 is 14.6 Å². The molecule has 0 saturated heterocycles. The highest BCUT2D eigenvalue weighted by atomic mass is 16.5. The van der Waals surface area contributed by atoms with Crippen LogP contribution in [0.5, 0.6) is 0 Å². The number of carbonyl (C=O) groups excluding carboxylic acids is 1. The molecule has 0 spiro atoms. The molecule has 2 N–H and O–H groups in total. The molecule has 0 fully saturated rings. The number of aliphatic hydroxyl groups excluding tert-OH is 1. The maximum Gasteiger partial charge on any atom is 0.238 e. The van der Waals surface area contributed by atoms with Crippen molar-refractivity contribution in [2.75, 3.05) is 39.2 Å². The summed E-state index contributed by atoms with van der Waals surface area (Å²) in [4.78, 5) is 13.7. The highest BCUT2D eigenvalue weighted by Gasteiger charge is 2.12. The smallest absolute Gasteiger partial charge is 0.238 e. The Hall–Kier alpha value is -1.43. The molecule has 0 aliphatic carbocycles. The first kappa shape index (κ1) is 16.6. The molecule has 20 heavy (non-hydrogen) atoms. The van der Waals surface area contributed by atoms with E-state index in [1.54, 1.807) is 11.9 Å². The Morgan fingerprint density at radius 1 is 1.45 bits per heavy atom. The monoisotopic (exact) mass is 280 g/mol. The van der Waals surface area contributed by atoms with Gasteiger partial charge in [0.15, 0.2) is 0 Å². The SMILES string of the molecule is COCC(O)CN(C)CC(=O)Nc1ccc(C)cc1C. The number of ether oxygens (including phenoxy) is 1. The van der Waals surface area contributed by atoms with Crippen molar-refractivity contribution in [2.45, 2.75) is 20.0 Å². The number of methoxy groups -OCH3 is 1. The van der Waals surface area contributed by atoms with Crippen molar-refractivity contribution >= 4 is 11.6 Å². The van der Waals surface area contributed by atoms with Crippen LogP contribution < -0.4 is 5.32 Å². The molecule has 1 unspecified atom stereocenters. The van der Waals surface area contributed by atoms with Crippen LogP contribution in [0.3, 0.4) is 0 Å². The fourth-order valence-corrected chi connectivity index (χ4v) is 2.06. The highest BCUT2D eigenvalue weighted by Crippen LogP contribution is 2.15. The van der Waals surface area contributed by atoms with Crippen molar-refractivity contribution in [3.8, 4) is 0 Å². The fraction of sp³-hybridized carbons (Fsp3) is 0.533. The molecule has 112 valence electrons. The van der Waals surface area contributed by atoms with Gasteiger partial charge in [0, 0.05) is 19.3 Å². The van der Waals surface area contributed by atoms with Crippen LogP contribution in [-0.4, -0.2) is 55.9 Å². The van der Waals surface area contributed by atoms with E-state index in [0.717, 1.165) is 11.3 Å². The first-order valence-corrected chi connectivity index (χ1v) is 6.65. The second-order valence-corrected chi connectivity index (χ2v) is 5.17. The van der Waals surface area contributed by atoms with E-state index in [0.29, 0.717) is 6.54 Å². The van der Waals surface area contributed by atoms with E-state index in [2.05, 4.69) is 5.32 Å². The number of carbonyl (C=O) groups is 1. The van der Waals surface area contributed by atoms with Crippen molar-refractivity contribution in [1.82, 2.24) is 4.90 Å². The Morgan fingerprint density at radius 2 is 2.15 bits per heavy atom. The molecule has 1 rings (SSSR count). The van der Waals surface area contributed by atoms with Crippen molar-refractivity contribution in [3.63, 3.8) is 0 Å². The number of amides is 1. The Kier molecular flexibility index (Phi) is 6.64. The van der Waals surface area contributed by atoms with Gasteiger partial charge in [-0.3, -0.25) is 9.69 Å². The summed E-state index contributed by atoms with van der Waals surface area (Å²) < 4.78 is 4.85. The van der Waals surface area contributed by atoms with Crippen LogP contribution in [0.15, 0.2) is 18.2 Å². The zero-order valence-corrected chi connectivity index (χ0v) is 12.6. The summed E-state index contributed by atoms with van der Waals surface area (Å²) in [5, 5.41) is 12.5. The lowest BCUT2D eigenvalue weighted by molar-refractivity contribution is -0.117. The molecular formula is C15H24N2O3. The Balaban J connectivity index is 2.46. The largest absolute Gasteiger partial charge is 0.389 e. The van der Waals surface area contributed by atoms with Gasteiger partial charge in [-0.15, -0.1) is 0 Å². The molecule has 5 heteroatoms. The number of aliphatic hydroxyl groups is 1. The minimum atomic E-state index is -0.584. The molecule has 0 heterocycles. The number of hydrogen-bond donors (Lipinski definition) is 2. The number of hydrogen-bond acceptors (Lipinski definition) is 4. The lowest BCUT2D eigenvalue weighted by atomic mass is 10.1. The summed E-state index contributed by atoms with van der Waals surface area (Å²) in [5.41, 5.74) is 3.03. The summed E-state index contributed by atoms with van der Waals surface area (Å²) in [6, 6.07) is 5.90. The zero-order valence-electron chi connectivity index (χ0n) is 12.6. The first-order valence-electron chi connectivity index (χ1n) is 6.65. The Morgan fingerprint density at radius 3 is 2.75 bits per heavy atom. The number of nitrogens with one attached hydrogen (secondary N) is 1. The summed E-state index contributed by atoms with van der Waals surface area (Å²) in [5.74, 6) is -0.0935. The van der Waals surface area contributed by atoms with Gasteiger partial charge in [0.05, 0.1) is 19.3 Å². The summed E-state index contributed by atoms with van der Waals surface area (Å²) in [6.45, 7) is 4.88. The van der Waals surface area contributed by atoms with Gasteiger partial charge in [0.25, 0.3) is 0 Å². The molecule has 0 saturated carbocycles. The lowest BCUT2D eigenvalue weighted by Crippen LogP contribution is -2.37. The predicted octanol–water partition coefficient (Wildman–Crippen LogP) is 1.18. The molecule has 1 atom stereocenters. The fourth-order valence-electron chi connectivity index (χ4n) is 2.06. The van der Waals surface area contributed by atoms with Crippen molar-refractivity contribution in [1.29, 1.82) is 0 Å². The average Bonchev–Trinajstić information content (AvgIpc) is 2.32. The van der Waals surface area contributed by atoms with Gasteiger partial charge >= 0.3 is 0 Å². The van der Waals surface area contributed by atoms with E-state index in [9.17, 15) is 9.90 Å². The van der Waals surface area contributed by atoms with E-state index >= 15 is 0 Å². The Labute approximate surface area is 120 Å². The molecule has 0 aliphatic heterocycles. The van der Waals surface area contributed by atoms with E-state index in [1.165, 1.54) is 12.7 Å². The van der Waals surface area contributed by atoms with Crippen LogP contribution in [0, 0.1) is 13.8 Å². The molecule has 1 aromatic carbocycles. The third kappa shape index (κ3) is 5.69. The maximum absolute atomic E-state index is 11.9. The van der Waals surface area contributed by atoms with E-state index < -0.39 is 6.10 Å². The van der Waals surface area contributed by atoms with Crippen molar-refractivity contribution in [3.05, 3.63) is 29.3 Å². The maximum atomic E-state index is 11.9.